The molecule has 0 radical (unpaired) electrons. The van der Waals surface area contributed by atoms with E-state index in [0.29, 0.717) is 6.04 Å². The van der Waals surface area contributed by atoms with Crippen LogP contribution in [-0.4, -0.2) is 18.6 Å². The van der Waals surface area contributed by atoms with Gasteiger partial charge in [-0.25, -0.2) is 0 Å². The van der Waals surface area contributed by atoms with Crippen LogP contribution in [0.2, 0.25) is 0 Å². The number of nitrogens with two attached hydrogens (primary N) is 1. The summed E-state index contributed by atoms with van der Waals surface area (Å²) >= 11 is 0. The van der Waals surface area contributed by atoms with Gasteiger partial charge in [-0.05, 0) is 56.9 Å². The molecule has 2 heteroatoms. The van der Waals surface area contributed by atoms with Crippen LogP contribution in [0.5, 0.6) is 0 Å². The zero-order chi connectivity index (χ0) is 9.97. The fourth-order valence-corrected chi connectivity index (χ4v) is 3.06. The van der Waals surface area contributed by atoms with Crippen LogP contribution in [0.3, 0.4) is 0 Å². The smallest absolute Gasteiger partial charge is 0.00978 e. The summed E-state index contributed by atoms with van der Waals surface area (Å²) in [5, 5.41) is 3.69. The molecule has 2 fully saturated rings. The van der Waals surface area contributed by atoms with Gasteiger partial charge in [-0.1, -0.05) is 6.92 Å². The summed E-state index contributed by atoms with van der Waals surface area (Å²) in [6.45, 7) is 3.62. The fourth-order valence-electron chi connectivity index (χ4n) is 3.06. The minimum absolute atomic E-state index is 0.493. The van der Waals surface area contributed by atoms with Gasteiger partial charge < -0.3 is 11.1 Å². The Balaban J connectivity index is 1.82. The molecule has 82 valence electrons. The zero-order valence-electron chi connectivity index (χ0n) is 9.34. The Morgan fingerprint density at radius 2 is 1.79 bits per heavy atom. The minimum Gasteiger partial charge on any atom is -0.328 e. The Morgan fingerprint density at radius 1 is 1.07 bits per heavy atom. The first-order valence-electron chi connectivity index (χ1n) is 6.24. The van der Waals surface area contributed by atoms with Crippen LogP contribution in [0.1, 0.15) is 45.4 Å². The molecule has 2 rings (SSSR count). The van der Waals surface area contributed by atoms with Crippen LogP contribution in [0.25, 0.3) is 0 Å². The van der Waals surface area contributed by atoms with E-state index in [1.54, 1.807) is 0 Å². The summed E-state index contributed by atoms with van der Waals surface area (Å²) in [5.74, 6) is 1.84. The van der Waals surface area contributed by atoms with Crippen LogP contribution < -0.4 is 11.1 Å². The zero-order valence-corrected chi connectivity index (χ0v) is 9.34. The lowest BCUT2D eigenvalue weighted by Crippen LogP contribution is -2.44. The summed E-state index contributed by atoms with van der Waals surface area (Å²) in [6.07, 6.45) is 7.95. The van der Waals surface area contributed by atoms with Crippen molar-refractivity contribution < 1.29 is 0 Å². The highest BCUT2D eigenvalue weighted by Gasteiger charge is 2.28. The Bertz CT molecular complexity index is 173. The molecule has 1 aliphatic heterocycles. The second-order valence-electron chi connectivity index (χ2n) is 5.37. The van der Waals surface area contributed by atoms with Gasteiger partial charge in [0.2, 0.25) is 0 Å². The maximum atomic E-state index is 5.93. The van der Waals surface area contributed by atoms with E-state index in [9.17, 15) is 0 Å². The molecule has 1 aliphatic carbocycles. The molecular formula is C12H24N2. The molecule has 0 aromatic heterocycles. The van der Waals surface area contributed by atoms with Crippen molar-refractivity contribution in [3.8, 4) is 0 Å². The van der Waals surface area contributed by atoms with Crippen molar-refractivity contribution in [3.05, 3.63) is 0 Å². The first-order chi connectivity index (χ1) is 6.75. The standard InChI is InChI=1S/C12H24N2/c1-9-6-7-14-12(8-9)10-2-4-11(13)5-3-10/h9-12,14H,2-8,13H2,1H3. The molecule has 2 aliphatic rings. The van der Waals surface area contributed by atoms with Crippen molar-refractivity contribution in [2.45, 2.75) is 57.5 Å². The van der Waals surface area contributed by atoms with Gasteiger partial charge in [0.15, 0.2) is 0 Å². The minimum atomic E-state index is 0.493. The Hall–Kier alpha value is -0.0800. The van der Waals surface area contributed by atoms with Gasteiger partial charge >= 0.3 is 0 Å². The predicted molar refractivity (Wildman–Crippen MR) is 60.1 cm³/mol. The van der Waals surface area contributed by atoms with Gasteiger partial charge in [-0.2, -0.15) is 0 Å². The van der Waals surface area contributed by atoms with E-state index in [2.05, 4.69) is 12.2 Å². The van der Waals surface area contributed by atoms with Gasteiger partial charge in [0.25, 0.3) is 0 Å². The van der Waals surface area contributed by atoms with Crippen molar-refractivity contribution in [3.63, 3.8) is 0 Å². The summed E-state index contributed by atoms with van der Waals surface area (Å²) in [4.78, 5) is 0. The average Bonchev–Trinajstić information content (AvgIpc) is 2.19. The largest absolute Gasteiger partial charge is 0.328 e. The van der Waals surface area contributed by atoms with Crippen molar-refractivity contribution in [2.24, 2.45) is 17.6 Å². The molecular weight excluding hydrogens is 172 g/mol. The average molecular weight is 196 g/mol. The number of rotatable bonds is 1. The van der Waals surface area contributed by atoms with E-state index in [4.69, 9.17) is 5.73 Å². The molecule has 1 heterocycles. The Labute approximate surface area is 87.6 Å². The highest BCUT2D eigenvalue weighted by atomic mass is 14.9. The second kappa shape index (κ2) is 4.63. The predicted octanol–water partition coefficient (Wildman–Crippen LogP) is 1.89. The lowest BCUT2D eigenvalue weighted by Gasteiger charge is -2.37. The normalized spacial score (nSPS) is 45.0. The topological polar surface area (TPSA) is 38.0 Å². The molecule has 2 unspecified atom stereocenters. The molecule has 14 heavy (non-hydrogen) atoms. The van der Waals surface area contributed by atoms with E-state index in [-0.39, 0.29) is 0 Å². The maximum Gasteiger partial charge on any atom is 0.00978 e. The van der Waals surface area contributed by atoms with Crippen molar-refractivity contribution in [1.82, 2.24) is 5.32 Å². The Morgan fingerprint density at radius 3 is 2.43 bits per heavy atom. The van der Waals surface area contributed by atoms with E-state index in [1.165, 1.54) is 45.1 Å². The number of hydrogen-bond acceptors (Lipinski definition) is 2. The molecule has 0 spiro atoms. The van der Waals surface area contributed by atoms with Gasteiger partial charge in [0.05, 0.1) is 0 Å². The monoisotopic (exact) mass is 196 g/mol. The van der Waals surface area contributed by atoms with Crippen LogP contribution in [0, 0.1) is 11.8 Å². The molecule has 1 saturated heterocycles. The molecule has 0 aromatic carbocycles. The van der Waals surface area contributed by atoms with E-state index in [1.807, 2.05) is 0 Å². The lowest BCUT2D eigenvalue weighted by molar-refractivity contribution is 0.196. The number of piperidine rings is 1. The van der Waals surface area contributed by atoms with E-state index >= 15 is 0 Å². The van der Waals surface area contributed by atoms with Crippen LogP contribution in [0.4, 0.5) is 0 Å². The summed E-state index contributed by atoms with van der Waals surface area (Å²) in [7, 11) is 0. The molecule has 2 atom stereocenters. The first-order valence-corrected chi connectivity index (χ1v) is 6.24. The molecule has 0 amide bonds. The fraction of sp³-hybridized carbons (Fsp3) is 1.00. The SMILES string of the molecule is CC1CCNC(C2CCC(N)CC2)C1. The molecule has 1 saturated carbocycles. The molecule has 3 N–H and O–H groups in total. The summed E-state index contributed by atoms with van der Waals surface area (Å²) in [6, 6.07) is 1.29. The number of hydrogen-bond donors (Lipinski definition) is 2. The lowest BCUT2D eigenvalue weighted by atomic mass is 9.77. The highest BCUT2D eigenvalue weighted by molar-refractivity contribution is 4.86. The van der Waals surface area contributed by atoms with Gasteiger partial charge in [-0.3, -0.25) is 0 Å². The maximum absolute atomic E-state index is 5.93. The van der Waals surface area contributed by atoms with Gasteiger partial charge in [-0.15, -0.1) is 0 Å². The third-order valence-electron chi connectivity index (χ3n) is 4.09. The van der Waals surface area contributed by atoms with Crippen LogP contribution >= 0.6 is 0 Å². The molecule has 2 nitrogen and oxygen atoms in total. The van der Waals surface area contributed by atoms with Crippen molar-refractivity contribution >= 4 is 0 Å². The highest BCUT2D eigenvalue weighted by Crippen LogP contribution is 2.30. The van der Waals surface area contributed by atoms with Gasteiger partial charge in [0.1, 0.15) is 0 Å². The Kier molecular flexibility index (Phi) is 3.45. The summed E-state index contributed by atoms with van der Waals surface area (Å²) < 4.78 is 0. The third kappa shape index (κ3) is 2.48. The molecule has 0 aromatic rings. The van der Waals surface area contributed by atoms with Crippen LogP contribution in [-0.2, 0) is 0 Å². The van der Waals surface area contributed by atoms with Crippen molar-refractivity contribution in [2.75, 3.05) is 6.54 Å². The number of nitrogens with one attached hydrogen (secondary N) is 1. The summed E-state index contributed by atoms with van der Waals surface area (Å²) in [5.41, 5.74) is 5.93. The van der Waals surface area contributed by atoms with E-state index < -0.39 is 0 Å². The van der Waals surface area contributed by atoms with E-state index in [0.717, 1.165) is 17.9 Å². The first kappa shape index (κ1) is 10.4. The molecule has 0 bridgehead atoms. The third-order valence-corrected chi connectivity index (χ3v) is 4.09. The quantitative estimate of drug-likeness (QED) is 0.672. The second-order valence-corrected chi connectivity index (χ2v) is 5.37. The van der Waals surface area contributed by atoms with Gasteiger partial charge in [0, 0.05) is 12.1 Å². The van der Waals surface area contributed by atoms with Crippen molar-refractivity contribution in [1.29, 1.82) is 0 Å². The van der Waals surface area contributed by atoms with Crippen LogP contribution in [0.15, 0.2) is 0 Å².